The molecule has 0 fully saturated rings. The minimum atomic E-state index is -0.600. The van der Waals surface area contributed by atoms with E-state index in [0.717, 1.165) is 0 Å². The maximum Gasteiger partial charge on any atom is 0.282 e. The summed E-state index contributed by atoms with van der Waals surface area (Å²) in [7, 11) is 0. The molecule has 0 saturated carbocycles. The van der Waals surface area contributed by atoms with Gasteiger partial charge in [-0.3, -0.25) is 14.9 Å². The molecule has 2 aromatic carbocycles. The molecule has 26 heavy (non-hydrogen) atoms. The molecule has 3 rings (SSSR count). The highest BCUT2D eigenvalue weighted by molar-refractivity contribution is 6.30. The van der Waals surface area contributed by atoms with E-state index in [9.17, 15) is 14.9 Å². The molecule has 9 heteroatoms. The number of hydrogen-bond acceptors (Lipinski definition) is 5. The summed E-state index contributed by atoms with van der Waals surface area (Å²) in [6.45, 7) is 0.113. The van der Waals surface area contributed by atoms with Gasteiger partial charge in [0.1, 0.15) is 11.3 Å². The van der Waals surface area contributed by atoms with Crippen molar-refractivity contribution in [1.82, 2.24) is 9.78 Å². The molecule has 1 heterocycles. The molecule has 1 N–H and O–H groups in total. The lowest BCUT2D eigenvalue weighted by Crippen LogP contribution is -2.13. The third-order valence-corrected chi connectivity index (χ3v) is 3.63. The van der Waals surface area contributed by atoms with Crippen molar-refractivity contribution >= 4 is 28.9 Å². The van der Waals surface area contributed by atoms with E-state index in [0.29, 0.717) is 16.5 Å². The highest BCUT2D eigenvalue weighted by Gasteiger charge is 2.19. The molecule has 0 bridgehead atoms. The van der Waals surface area contributed by atoms with Crippen LogP contribution in [-0.2, 0) is 6.73 Å². The summed E-state index contributed by atoms with van der Waals surface area (Å²) >= 11 is 5.88. The third kappa shape index (κ3) is 4.17. The van der Waals surface area contributed by atoms with Crippen molar-refractivity contribution in [1.29, 1.82) is 0 Å². The van der Waals surface area contributed by atoms with Crippen LogP contribution in [0.5, 0.6) is 5.75 Å². The molecule has 0 atom stereocenters. The molecule has 0 aliphatic carbocycles. The number of carbonyl (C=O) groups is 1. The number of amides is 1. The van der Waals surface area contributed by atoms with Crippen LogP contribution >= 0.6 is 11.6 Å². The predicted octanol–water partition coefficient (Wildman–Crippen LogP) is 3.73. The number of hydrogen-bond donors (Lipinski definition) is 1. The van der Waals surface area contributed by atoms with Gasteiger partial charge in [-0.1, -0.05) is 29.8 Å². The van der Waals surface area contributed by atoms with Crippen LogP contribution in [0.4, 0.5) is 11.4 Å². The number of halogens is 1. The number of nitrogens with zero attached hydrogens (tertiary/aromatic N) is 3. The second-order valence-corrected chi connectivity index (χ2v) is 5.66. The molecular formula is C17H13ClN4O4. The van der Waals surface area contributed by atoms with Gasteiger partial charge in [-0.2, -0.15) is 5.10 Å². The van der Waals surface area contributed by atoms with Crippen LogP contribution in [0, 0.1) is 10.1 Å². The highest BCUT2D eigenvalue weighted by atomic mass is 35.5. The zero-order valence-corrected chi connectivity index (χ0v) is 14.1. The summed E-state index contributed by atoms with van der Waals surface area (Å²) in [6, 6.07) is 12.6. The molecule has 0 unspecified atom stereocenters. The quantitative estimate of drug-likeness (QED) is 0.525. The summed E-state index contributed by atoms with van der Waals surface area (Å²) < 4.78 is 7.01. The zero-order chi connectivity index (χ0) is 18.5. The van der Waals surface area contributed by atoms with Gasteiger partial charge in [0.2, 0.25) is 0 Å². The van der Waals surface area contributed by atoms with Crippen molar-refractivity contribution in [3.8, 4) is 5.75 Å². The fraction of sp³-hybridized carbons (Fsp3) is 0.0588. The van der Waals surface area contributed by atoms with Crippen molar-refractivity contribution in [3.05, 3.63) is 81.6 Å². The van der Waals surface area contributed by atoms with Crippen LogP contribution in [0.25, 0.3) is 0 Å². The average molecular weight is 373 g/mol. The van der Waals surface area contributed by atoms with Crippen molar-refractivity contribution in [2.75, 3.05) is 5.32 Å². The first-order valence-electron chi connectivity index (χ1n) is 7.48. The number of nitrogens with one attached hydrogen (secondary N) is 1. The van der Waals surface area contributed by atoms with Gasteiger partial charge < -0.3 is 10.1 Å². The molecule has 1 amide bonds. The monoisotopic (exact) mass is 372 g/mol. The van der Waals surface area contributed by atoms with Gasteiger partial charge in [-0.25, -0.2) is 4.68 Å². The minimum absolute atomic E-state index is 0.0274. The Hall–Kier alpha value is -3.39. The molecule has 1 aromatic heterocycles. The largest absolute Gasteiger partial charge is 0.471 e. The maximum atomic E-state index is 12.3. The van der Waals surface area contributed by atoms with Crippen molar-refractivity contribution in [2.45, 2.75) is 6.73 Å². The van der Waals surface area contributed by atoms with Crippen LogP contribution in [0.1, 0.15) is 10.4 Å². The molecule has 0 saturated heterocycles. The van der Waals surface area contributed by atoms with Crippen LogP contribution in [-0.4, -0.2) is 20.6 Å². The molecule has 3 aromatic rings. The lowest BCUT2D eigenvalue weighted by atomic mass is 10.1. The van der Waals surface area contributed by atoms with Gasteiger partial charge in [-0.15, -0.1) is 0 Å². The summed E-state index contributed by atoms with van der Waals surface area (Å²) in [6.07, 6.45) is 2.98. The Morgan fingerprint density at radius 3 is 2.85 bits per heavy atom. The number of nitro groups is 1. The summed E-state index contributed by atoms with van der Waals surface area (Å²) in [5.41, 5.74) is 0.102. The normalized spacial score (nSPS) is 10.3. The van der Waals surface area contributed by atoms with E-state index < -0.39 is 10.8 Å². The zero-order valence-electron chi connectivity index (χ0n) is 13.3. The molecule has 0 aliphatic rings. The number of ether oxygens (including phenoxy) is 1. The minimum Gasteiger partial charge on any atom is -0.471 e. The van der Waals surface area contributed by atoms with E-state index in [2.05, 4.69) is 10.4 Å². The average Bonchev–Trinajstić information content (AvgIpc) is 3.07. The van der Waals surface area contributed by atoms with Gasteiger partial charge in [-0.05, 0) is 24.3 Å². The molecule has 0 radical (unpaired) electrons. The molecule has 132 valence electrons. The number of rotatable bonds is 6. The van der Waals surface area contributed by atoms with E-state index in [-0.39, 0.29) is 18.0 Å². The third-order valence-electron chi connectivity index (χ3n) is 3.40. The van der Waals surface area contributed by atoms with Gasteiger partial charge in [0.05, 0.1) is 23.0 Å². The van der Waals surface area contributed by atoms with E-state index in [1.54, 1.807) is 36.5 Å². The lowest BCUT2D eigenvalue weighted by molar-refractivity contribution is -0.385. The van der Waals surface area contributed by atoms with E-state index >= 15 is 0 Å². The second-order valence-electron chi connectivity index (χ2n) is 5.23. The van der Waals surface area contributed by atoms with Crippen molar-refractivity contribution in [2.24, 2.45) is 0 Å². The highest BCUT2D eigenvalue weighted by Crippen LogP contribution is 2.20. The lowest BCUT2D eigenvalue weighted by Gasteiger charge is -2.06. The van der Waals surface area contributed by atoms with Gasteiger partial charge in [0, 0.05) is 11.1 Å². The van der Waals surface area contributed by atoms with Gasteiger partial charge in [0.15, 0.2) is 6.73 Å². The fourth-order valence-electron chi connectivity index (χ4n) is 2.22. The topological polar surface area (TPSA) is 99.3 Å². The van der Waals surface area contributed by atoms with Gasteiger partial charge in [0.25, 0.3) is 11.6 Å². The predicted molar refractivity (Wildman–Crippen MR) is 95.4 cm³/mol. The molecule has 0 aliphatic heterocycles. The second kappa shape index (κ2) is 7.66. The Morgan fingerprint density at radius 2 is 2.08 bits per heavy atom. The van der Waals surface area contributed by atoms with Crippen molar-refractivity contribution < 1.29 is 14.5 Å². The number of benzene rings is 2. The molecular weight excluding hydrogens is 360 g/mol. The van der Waals surface area contributed by atoms with E-state index in [1.807, 2.05) is 0 Å². The fourth-order valence-corrected chi connectivity index (χ4v) is 2.40. The Morgan fingerprint density at radius 1 is 1.27 bits per heavy atom. The number of anilines is 1. The van der Waals surface area contributed by atoms with Crippen LogP contribution < -0.4 is 10.1 Å². The Kier molecular flexibility index (Phi) is 5.14. The SMILES string of the molecule is O=C(Nc1cnn(COc2cccc(Cl)c2)c1)c1ccccc1[N+](=O)[O-]. The standard InChI is InChI=1S/C17H13ClN4O4/c18-12-4-3-5-14(8-12)26-11-21-10-13(9-19-21)20-17(23)15-6-1-2-7-16(15)22(24)25/h1-10H,11H2,(H,20,23). The number of carbonyl (C=O) groups excluding carboxylic acids is 1. The van der Waals surface area contributed by atoms with Crippen molar-refractivity contribution in [3.63, 3.8) is 0 Å². The molecule has 8 nitrogen and oxygen atoms in total. The van der Waals surface area contributed by atoms with Crippen LogP contribution in [0.3, 0.4) is 0 Å². The first kappa shape index (κ1) is 17.4. The molecule has 0 spiro atoms. The first-order chi connectivity index (χ1) is 12.5. The number of aromatic nitrogens is 2. The van der Waals surface area contributed by atoms with E-state index in [1.165, 1.54) is 29.1 Å². The van der Waals surface area contributed by atoms with Gasteiger partial charge >= 0.3 is 0 Å². The number of para-hydroxylation sites is 1. The van der Waals surface area contributed by atoms with Crippen LogP contribution in [0.15, 0.2) is 60.9 Å². The Labute approximate surface area is 153 Å². The summed E-state index contributed by atoms with van der Waals surface area (Å²) in [4.78, 5) is 22.7. The summed E-state index contributed by atoms with van der Waals surface area (Å²) in [5.74, 6) is -0.00824. The summed E-state index contributed by atoms with van der Waals surface area (Å²) in [5, 5.41) is 18.2. The first-order valence-corrected chi connectivity index (χ1v) is 7.86. The number of nitro benzene ring substituents is 1. The Balaban J connectivity index is 1.65. The smallest absolute Gasteiger partial charge is 0.282 e. The Bertz CT molecular complexity index is 957. The van der Waals surface area contributed by atoms with Crippen LogP contribution in [0.2, 0.25) is 5.02 Å². The maximum absolute atomic E-state index is 12.3. The van der Waals surface area contributed by atoms with E-state index in [4.69, 9.17) is 16.3 Å².